The Hall–Kier alpha value is -2.24. The summed E-state index contributed by atoms with van der Waals surface area (Å²) in [6.45, 7) is 7.98. The summed E-state index contributed by atoms with van der Waals surface area (Å²) in [4.78, 5) is 24.5. The van der Waals surface area contributed by atoms with Crippen LogP contribution in [0, 0.1) is 6.92 Å². The van der Waals surface area contributed by atoms with Gasteiger partial charge in [-0.1, -0.05) is 35.3 Å². The zero-order valence-corrected chi connectivity index (χ0v) is 17.3. The van der Waals surface area contributed by atoms with E-state index in [1.54, 1.807) is 30.3 Å². The minimum Gasteiger partial charge on any atom is -0.352 e. The summed E-state index contributed by atoms with van der Waals surface area (Å²) in [5, 5.41) is 9.35. The Morgan fingerprint density at radius 3 is 2.37 bits per heavy atom. The molecule has 0 unspecified atom stereocenters. The molecule has 2 rings (SSSR count). The van der Waals surface area contributed by atoms with E-state index in [0.29, 0.717) is 27.8 Å². The number of carbonyl (C=O) groups excluding carboxylic acids is 2. The molecule has 0 aliphatic heterocycles. The van der Waals surface area contributed by atoms with Gasteiger partial charge in [-0.15, -0.1) is 0 Å². The first-order valence-corrected chi connectivity index (χ1v) is 9.33. The van der Waals surface area contributed by atoms with Gasteiger partial charge in [0, 0.05) is 17.8 Å². The fourth-order valence-electron chi connectivity index (χ4n) is 2.55. The van der Waals surface area contributed by atoms with Crippen LogP contribution in [-0.2, 0) is 5.54 Å². The maximum atomic E-state index is 12.5. The zero-order chi connectivity index (χ0) is 20.2. The minimum atomic E-state index is -0.677. The van der Waals surface area contributed by atoms with E-state index in [4.69, 9.17) is 23.2 Å². The Kier molecular flexibility index (Phi) is 6.73. The second-order valence-electron chi connectivity index (χ2n) is 6.72. The Balaban J connectivity index is 2.15. The summed E-state index contributed by atoms with van der Waals surface area (Å²) < 4.78 is 0. The van der Waals surface area contributed by atoms with Crippen molar-refractivity contribution >= 4 is 40.8 Å². The van der Waals surface area contributed by atoms with E-state index < -0.39 is 5.54 Å². The van der Waals surface area contributed by atoms with E-state index in [1.165, 1.54) is 0 Å². The van der Waals surface area contributed by atoms with Crippen LogP contribution in [0.25, 0.3) is 0 Å². The Bertz CT molecular complexity index is 866. The van der Waals surface area contributed by atoms with Gasteiger partial charge in [0.2, 0.25) is 0 Å². The predicted molar refractivity (Wildman–Crippen MR) is 111 cm³/mol. The van der Waals surface area contributed by atoms with Gasteiger partial charge in [-0.3, -0.25) is 4.79 Å². The number of urea groups is 1. The SMILES string of the molecule is CCNC(=O)c1ccc(C)c(NC(=O)NC(C)(C)c2ccc(Cl)c(Cl)c2)c1. The van der Waals surface area contributed by atoms with Crippen molar-refractivity contribution in [3.63, 3.8) is 0 Å². The van der Waals surface area contributed by atoms with Crippen LogP contribution >= 0.6 is 23.2 Å². The molecule has 2 aromatic carbocycles. The number of carbonyl (C=O) groups is 2. The van der Waals surface area contributed by atoms with E-state index in [9.17, 15) is 9.59 Å². The number of anilines is 1. The monoisotopic (exact) mass is 407 g/mol. The lowest BCUT2D eigenvalue weighted by Gasteiger charge is -2.27. The van der Waals surface area contributed by atoms with Crippen molar-refractivity contribution in [2.75, 3.05) is 11.9 Å². The molecule has 0 spiro atoms. The van der Waals surface area contributed by atoms with Gasteiger partial charge < -0.3 is 16.0 Å². The van der Waals surface area contributed by atoms with Gasteiger partial charge in [0.1, 0.15) is 0 Å². The maximum Gasteiger partial charge on any atom is 0.319 e. The van der Waals surface area contributed by atoms with Crippen molar-refractivity contribution in [3.8, 4) is 0 Å². The highest BCUT2D eigenvalue weighted by Gasteiger charge is 2.24. The van der Waals surface area contributed by atoms with E-state index >= 15 is 0 Å². The lowest BCUT2D eigenvalue weighted by molar-refractivity contribution is 0.0956. The fourth-order valence-corrected chi connectivity index (χ4v) is 2.85. The third kappa shape index (κ3) is 5.37. The summed E-state index contributed by atoms with van der Waals surface area (Å²) in [6, 6.07) is 10.0. The third-order valence-corrected chi connectivity index (χ3v) is 4.89. The Morgan fingerprint density at radius 1 is 1.04 bits per heavy atom. The molecule has 5 nitrogen and oxygen atoms in total. The van der Waals surface area contributed by atoms with Crippen LogP contribution in [0.1, 0.15) is 42.3 Å². The van der Waals surface area contributed by atoms with Crippen molar-refractivity contribution in [2.45, 2.75) is 33.2 Å². The molecular weight excluding hydrogens is 385 g/mol. The first-order chi connectivity index (χ1) is 12.6. The highest BCUT2D eigenvalue weighted by Crippen LogP contribution is 2.28. The number of hydrogen-bond donors (Lipinski definition) is 3. The molecule has 0 aliphatic carbocycles. The fraction of sp³-hybridized carbons (Fsp3) is 0.300. The number of hydrogen-bond acceptors (Lipinski definition) is 2. The molecule has 0 radical (unpaired) electrons. The quantitative estimate of drug-likeness (QED) is 0.644. The summed E-state index contributed by atoms with van der Waals surface area (Å²) in [5.74, 6) is -0.183. The predicted octanol–water partition coefficient (Wildman–Crippen LogP) is 5.11. The number of benzene rings is 2. The zero-order valence-electron chi connectivity index (χ0n) is 15.7. The number of halogens is 2. The molecule has 0 fully saturated rings. The number of amides is 3. The van der Waals surface area contributed by atoms with Crippen LogP contribution in [-0.4, -0.2) is 18.5 Å². The summed E-state index contributed by atoms with van der Waals surface area (Å²) in [5.41, 5.74) is 2.05. The van der Waals surface area contributed by atoms with Gasteiger partial charge in [-0.25, -0.2) is 4.79 Å². The van der Waals surface area contributed by atoms with Crippen molar-refractivity contribution in [2.24, 2.45) is 0 Å². The average molecular weight is 408 g/mol. The van der Waals surface area contributed by atoms with E-state index in [2.05, 4.69) is 16.0 Å². The van der Waals surface area contributed by atoms with Gasteiger partial charge in [0.25, 0.3) is 5.91 Å². The van der Waals surface area contributed by atoms with Crippen LogP contribution in [0.3, 0.4) is 0 Å². The lowest BCUT2D eigenvalue weighted by Crippen LogP contribution is -2.43. The van der Waals surface area contributed by atoms with Gasteiger partial charge in [-0.2, -0.15) is 0 Å². The molecule has 3 amide bonds. The largest absolute Gasteiger partial charge is 0.352 e. The van der Waals surface area contributed by atoms with Crippen molar-refractivity contribution < 1.29 is 9.59 Å². The molecule has 0 aliphatic rings. The average Bonchev–Trinajstić information content (AvgIpc) is 2.58. The first-order valence-electron chi connectivity index (χ1n) is 8.57. The minimum absolute atomic E-state index is 0.183. The molecule has 144 valence electrons. The van der Waals surface area contributed by atoms with Gasteiger partial charge >= 0.3 is 6.03 Å². The summed E-state index contributed by atoms with van der Waals surface area (Å²) in [7, 11) is 0. The number of rotatable bonds is 5. The van der Waals surface area contributed by atoms with Crippen molar-refractivity contribution in [1.29, 1.82) is 0 Å². The molecule has 0 bridgehead atoms. The Morgan fingerprint density at radius 2 is 1.74 bits per heavy atom. The van der Waals surface area contributed by atoms with E-state index in [0.717, 1.165) is 11.1 Å². The molecule has 2 aromatic rings. The first kappa shape index (κ1) is 21.1. The molecule has 7 heteroatoms. The van der Waals surface area contributed by atoms with Crippen LogP contribution in [0.4, 0.5) is 10.5 Å². The van der Waals surface area contributed by atoms with E-state index in [-0.39, 0.29) is 11.9 Å². The van der Waals surface area contributed by atoms with Gasteiger partial charge in [-0.05, 0) is 63.1 Å². The van der Waals surface area contributed by atoms with Crippen LogP contribution in [0.5, 0.6) is 0 Å². The molecule has 0 heterocycles. The third-order valence-electron chi connectivity index (χ3n) is 4.15. The number of aryl methyl sites for hydroxylation is 1. The smallest absolute Gasteiger partial charge is 0.319 e. The van der Waals surface area contributed by atoms with Crippen molar-refractivity contribution in [1.82, 2.24) is 10.6 Å². The molecular formula is C20H23Cl2N3O2. The number of nitrogens with one attached hydrogen (secondary N) is 3. The molecule has 0 saturated heterocycles. The normalized spacial score (nSPS) is 11.0. The molecule has 0 saturated carbocycles. The summed E-state index contributed by atoms with van der Waals surface area (Å²) in [6.07, 6.45) is 0. The van der Waals surface area contributed by atoms with Crippen LogP contribution < -0.4 is 16.0 Å². The highest BCUT2D eigenvalue weighted by atomic mass is 35.5. The van der Waals surface area contributed by atoms with Gasteiger partial charge in [0.05, 0.1) is 15.6 Å². The van der Waals surface area contributed by atoms with Crippen LogP contribution in [0.15, 0.2) is 36.4 Å². The molecule has 0 atom stereocenters. The second-order valence-corrected chi connectivity index (χ2v) is 7.54. The lowest BCUT2D eigenvalue weighted by atomic mass is 9.94. The van der Waals surface area contributed by atoms with Crippen molar-refractivity contribution in [3.05, 3.63) is 63.1 Å². The Labute approximate surface area is 169 Å². The molecule has 0 aromatic heterocycles. The highest BCUT2D eigenvalue weighted by molar-refractivity contribution is 6.42. The molecule has 3 N–H and O–H groups in total. The molecule has 27 heavy (non-hydrogen) atoms. The van der Waals surface area contributed by atoms with E-state index in [1.807, 2.05) is 33.8 Å². The summed E-state index contributed by atoms with van der Waals surface area (Å²) >= 11 is 12.0. The second kappa shape index (κ2) is 8.63. The van der Waals surface area contributed by atoms with Gasteiger partial charge in [0.15, 0.2) is 0 Å². The van der Waals surface area contributed by atoms with Crippen LogP contribution in [0.2, 0.25) is 10.0 Å². The topological polar surface area (TPSA) is 70.2 Å². The maximum absolute atomic E-state index is 12.5. The standard InChI is InChI=1S/C20H23Cl2N3O2/c1-5-23-18(26)13-7-6-12(2)17(10-13)24-19(27)25-20(3,4)14-8-9-15(21)16(22)11-14/h6-11H,5H2,1-4H3,(H,23,26)(H2,24,25,27).